The largest absolute Gasteiger partial charge is 0.449 e. The first-order valence-electron chi connectivity index (χ1n) is 8.70. The van der Waals surface area contributed by atoms with Gasteiger partial charge in [-0.25, -0.2) is 4.79 Å². The minimum atomic E-state index is -0.441. The topological polar surface area (TPSA) is 70.7 Å². The van der Waals surface area contributed by atoms with Gasteiger partial charge in [-0.1, -0.05) is 18.6 Å². The molecule has 2 aliphatic rings. The first-order valence-corrected chi connectivity index (χ1v) is 8.70. The first-order chi connectivity index (χ1) is 11.2. The van der Waals surface area contributed by atoms with E-state index >= 15 is 0 Å². The molecule has 1 saturated heterocycles. The summed E-state index contributed by atoms with van der Waals surface area (Å²) in [7, 11) is 1.54. The van der Waals surface area contributed by atoms with Gasteiger partial charge >= 0.3 is 6.09 Å². The number of allylic oxidation sites excluding steroid dienone is 2. The molecule has 1 aliphatic carbocycles. The Kier molecular flexibility index (Phi) is 7.39. The van der Waals surface area contributed by atoms with Crippen LogP contribution in [0.25, 0.3) is 0 Å². The van der Waals surface area contributed by atoms with Crippen molar-refractivity contribution in [2.75, 3.05) is 39.8 Å². The van der Waals surface area contributed by atoms with Crippen molar-refractivity contribution in [2.24, 2.45) is 11.8 Å². The summed E-state index contributed by atoms with van der Waals surface area (Å²) in [6.45, 7) is 4.19. The summed E-state index contributed by atoms with van der Waals surface area (Å²) in [4.78, 5) is 26.1. The van der Waals surface area contributed by atoms with Gasteiger partial charge in [0.1, 0.15) is 0 Å². The van der Waals surface area contributed by atoms with Crippen molar-refractivity contribution in [3.63, 3.8) is 0 Å². The van der Waals surface area contributed by atoms with E-state index in [2.05, 4.69) is 21.6 Å². The van der Waals surface area contributed by atoms with E-state index in [9.17, 15) is 9.59 Å². The molecule has 2 unspecified atom stereocenters. The number of likely N-dealkylation sites (tertiary alicyclic amines) is 1. The van der Waals surface area contributed by atoms with Crippen LogP contribution in [0.15, 0.2) is 12.2 Å². The SMILES string of the molecule is CNC(=O)OCC1CC=CCC1C(=O)NCCN1CCCCC1. The molecule has 0 aromatic carbocycles. The van der Waals surface area contributed by atoms with Crippen molar-refractivity contribution in [1.82, 2.24) is 15.5 Å². The van der Waals surface area contributed by atoms with Crippen molar-refractivity contribution < 1.29 is 14.3 Å². The predicted molar refractivity (Wildman–Crippen MR) is 89.1 cm³/mol. The van der Waals surface area contributed by atoms with Crippen molar-refractivity contribution in [1.29, 1.82) is 0 Å². The number of piperidine rings is 1. The monoisotopic (exact) mass is 323 g/mol. The maximum atomic E-state index is 12.4. The van der Waals surface area contributed by atoms with Crippen LogP contribution in [0.1, 0.15) is 32.1 Å². The van der Waals surface area contributed by atoms with Crippen LogP contribution in [0.2, 0.25) is 0 Å². The number of carbonyl (C=O) groups excluding carboxylic acids is 2. The zero-order valence-electron chi connectivity index (χ0n) is 14.1. The minimum absolute atomic E-state index is 0.0623. The average Bonchev–Trinajstić information content (AvgIpc) is 2.60. The van der Waals surface area contributed by atoms with Gasteiger partial charge < -0.3 is 20.3 Å². The van der Waals surface area contributed by atoms with E-state index in [0.717, 1.165) is 32.5 Å². The van der Waals surface area contributed by atoms with Gasteiger partial charge in [0.25, 0.3) is 0 Å². The number of ether oxygens (including phenoxy) is 1. The van der Waals surface area contributed by atoms with E-state index in [1.165, 1.54) is 26.3 Å². The van der Waals surface area contributed by atoms with Crippen LogP contribution in [-0.4, -0.2) is 56.7 Å². The van der Waals surface area contributed by atoms with E-state index in [4.69, 9.17) is 4.74 Å². The van der Waals surface area contributed by atoms with Gasteiger partial charge in [-0.05, 0) is 38.8 Å². The quantitative estimate of drug-likeness (QED) is 0.727. The number of hydrogen-bond donors (Lipinski definition) is 2. The van der Waals surface area contributed by atoms with Crippen LogP contribution >= 0.6 is 0 Å². The molecule has 0 spiro atoms. The number of amides is 2. The van der Waals surface area contributed by atoms with Gasteiger partial charge in [-0.3, -0.25) is 4.79 Å². The molecule has 0 aromatic rings. The molecule has 0 saturated carbocycles. The highest BCUT2D eigenvalue weighted by molar-refractivity contribution is 5.79. The normalized spacial score (nSPS) is 24.9. The van der Waals surface area contributed by atoms with Crippen LogP contribution in [0.3, 0.4) is 0 Å². The molecular formula is C17H29N3O3. The third-order valence-corrected chi connectivity index (χ3v) is 4.71. The molecule has 2 atom stereocenters. The second-order valence-electron chi connectivity index (χ2n) is 6.35. The Balaban J connectivity index is 1.73. The summed E-state index contributed by atoms with van der Waals surface area (Å²) in [6, 6.07) is 0. The van der Waals surface area contributed by atoms with E-state index < -0.39 is 6.09 Å². The van der Waals surface area contributed by atoms with E-state index in [1.54, 1.807) is 0 Å². The van der Waals surface area contributed by atoms with Crippen LogP contribution in [-0.2, 0) is 9.53 Å². The van der Waals surface area contributed by atoms with Gasteiger partial charge in [0.05, 0.1) is 6.61 Å². The molecule has 6 heteroatoms. The lowest BCUT2D eigenvalue weighted by atomic mass is 9.83. The molecule has 23 heavy (non-hydrogen) atoms. The molecule has 2 rings (SSSR count). The highest BCUT2D eigenvalue weighted by atomic mass is 16.5. The molecular weight excluding hydrogens is 294 g/mol. The van der Waals surface area contributed by atoms with Crippen LogP contribution in [0, 0.1) is 11.8 Å². The number of nitrogens with one attached hydrogen (secondary N) is 2. The Morgan fingerprint density at radius 3 is 2.65 bits per heavy atom. The average molecular weight is 323 g/mol. The lowest BCUT2D eigenvalue weighted by molar-refractivity contribution is -0.127. The van der Waals surface area contributed by atoms with Crippen molar-refractivity contribution in [3.05, 3.63) is 12.2 Å². The smallest absolute Gasteiger partial charge is 0.406 e. The molecule has 130 valence electrons. The molecule has 0 radical (unpaired) electrons. The zero-order chi connectivity index (χ0) is 16.5. The minimum Gasteiger partial charge on any atom is -0.449 e. The van der Waals surface area contributed by atoms with Gasteiger partial charge in [0.15, 0.2) is 0 Å². The van der Waals surface area contributed by atoms with Gasteiger partial charge in [-0.15, -0.1) is 0 Å². The first kappa shape index (κ1) is 17.8. The molecule has 1 fully saturated rings. The third-order valence-electron chi connectivity index (χ3n) is 4.71. The Bertz CT molecular complexity index is 419. The maximum Gasteiger partial charge on any atom is 0.406 e. The fraction of sp³-hybridized carbons (Fsp3) is 0.765. The predicted octanol–water partition coefficient (Wildman–Crippen LogP) is 1.53. The highest BCUT2D eigenvalue weighted by Crippen LogP contribution is 2.26. The van der Waals surface area contributed by atoms with Crippen LogP contribution in [0.4, 0.5) is 4.79 Å². The Morgan fingerprint density at radius 2 is 1.91 bits per heavy atom. The molecule has 1 aliphatic heterocycles. The fourth-order valence-electron chi connectivity index (χ4n) is 3.28. The standard InChI is InChI=1S/C17H29N3O3/c1-18-17(22)23-13-14-7-3-4-8-15(14)16(21)19-9-12-20-10-5-2-6-11-20/h3-4,14-15H,2,5-13H2,1H3,(H,18,22)(H,19,21). The third kappa shape index (κ3) is 5.86. The second-order valence-corrected chi connectivity index (χ2v) is 6.35. The molecule has 0 bridgehead atoms. The molecule has 1 heterocycles. The van der Waals surface area contributed by atoms with Crippen molar-refractivity contribution >= 4 is 12.0 Å². The number of alkyl carbamates (subject to hydrolysis) is 1. The number of nitrogens with zero attached hydrogens (tertiary/aromatic N) is 1. The Morgan fingerprint density at radius 1 is 1.17 bits per heavy atom. The highest BCUT2D eigenvalue weighted by Gasteiger charge is 2.29. The summed E-state index contributed by atoms with van der Waals surface area (Å²) in [5.74, 6) is 0.0372. The van der Waals surface area contributed by atoms with Crippen molar-refractivity contribution in [2.45, 2.75) is 32.1 Å². The Hall–Kier alpha value is -1.56. The number of hydrogen-bond acceptors (Lipinski definition) is 4. The van der Waals surface area contributed by atoms with Crippen LogP contribution in [0.5, 0.6) is 0 Å². The number of carbonyl (C=O) groups is 2. The van der Waals surface area contributed by atoms with E-state index in [-0.39, 0.29) is 24.3 Å². The second kappa shape index (κ2) is 9.55. The van der Waals surface area contributed by atoms with Gasteiger partial charge in [0.2, 0.25) is 5.91 Å². The molecule has 0 aromatic heterocycles. The lowest BCUT2D eigenvalue weighted by Crippen LogP contribution is -2.42. The van der Waals surface area contributed by atoms with Gasteiger partial charge in [-0.2, -0.15) is 0 Å². The molecule has 2 N–H and O–H groups in total. The maximum absolute atomic E-state index is 12.4. The number of rotatable bonds is 6. The fourth-order valence-corrected chi connectivity index (χ4v) is 3.28. The summed E-state index contributed by atoms with van der Waals surface area (Å²) in [5.41, 5.74) is 0. The summed E-state index contributed by atoms with van der Waals surface area (Å²) >= 11 is 0. The van der Waals surface area contributed by atoms with Crippen LogP contribution < -0.4 is 10.6 Å². The van der Waals surface area contributed by atoms with E-state index in [1.807, 2.05) is 6.08 Å². The molecule has 2 amide bonds. The van der Waals surface area contributed by atoms with E-state index in [0.29, 0.717) is 6.54 Å². The summed E-state index contributed by atoms with van der Waals surface area (Å²) < 4.78 is 5.14. The molecule has 6 nitrogen and oxygen atoms in total. The zero-order valence-corrected chi connectivity index (χ0v) is 14.1. The van der Waals surface area contributed by atoms with Crippen molar-refractivity contribution in [3.8, 4) is 0 Å². The lowest BCUT2D eigenvalue weighted by Gasteiger charge is -2.29. The Labute approximate surface area is 138 Å². The summed E-state index contributed by atoms with van der Waals surface area (Å²) in [6.07, 6.45) is 9.02. The summed E-state index contributed by atoms with van der Waals surface area (Å²) in [5, 5.41) is 5.49. The van der Waals surface area contributed by atoms with Gasteiger partial charge in [0, 0.05) is 32.0 Å².